The minimum Gasteiger partial charge on any atom is -0.511 e. The number of fused-ring (bicyclic) bond motifs is 2. The Morgan fingerprint density at radius 1 is 1.32 bits per heavy atom. The van der Waals surface area contributed by atoms with Gasteiger partial charge in [0.15, 0.2) is 5.78 Å². The first-order chi connectivity index (χ1) is 10.5. The Morgan fingerprint density at radius 2 is 2.14 bits per heavy atom. The molecule has 0 unspecified atom stereocenters. The SMILES string of the molecule is CN(C)CCNc1cccc2c1CC1=CC(=O)CC(O)=C1S2. The maximum atomic E-state index is 11.7. The largest absolute Gasteiger partial charge is 0.511 e. The third kappa shape index (κ3) is 3.05. The second-order valence-electron chi connectivity index (χ2n) is 5.88. The fourth-order valence-corrected chi connectivity index (χ4v) is 3.85. The molecule has 0 aromatic heterocycles. The summed E-state index contributed by atoms with van der Waals surface area (Å²) in [5.74, 6) is 0.197. The van der Waals surface area contributed by atoms with Gasteiger partial charge in [-0.1, -0.05) is 17.8 Å². The predicted octanol–water partition coefficient (Wildman–Crippen LogP) is 2.98. The number of ketones is 1. The number of carbonyl (C=O) groups is 1. The lowest BCUT2D eigenvalue weighted by Crippen LogP contribution is -2.21. The average molecular weight is 316 g/mol. The van der Waals surface area contributed by atoms with Gasteiger partial charge in [-0.3, -0.25) is 4.79 Å². The number of carbonyl (C=O) groups excluding carboxylic acids is 1. The van der Waals surface area contributed by atoms with E-state index >= 15 is 0 Å². The van der Waals surface area contributed by atoms with E-state index < -0.39 is 0 Å². The van der Waals surface area contributed by atoms with Crippen molar-refractivity contribution in [2.45, 2.75) is 17.7 Å². The Bertz CT molecular complexity index is 677. The summed E-state index contributed by atoms with van der Waals surface area (Å²) in [6, 6.07) is 6.18. The maximum Gasteiger partial charge on any atom is 0.163 e. The monoisotopic (exact) mass is 316 g/mol. The fourth-order valence-electron chi connectivity index (χ4n) is 2.72. The van der Waals surface area contributed by atoms with Gasteiger partial charge in [0, 0.05) is 30.1 Å². The third-order valence-electron chi connectivity index (χ3n) is 3.82. The standard InChI is InChI=1S/C17H20N2O2S/c1-19(2)7-6-18-14-4-3-5-16-13(14)9-11-8-12(20)10-15(21)17(11)22-16/h3-5,8,18,21H,6-7,9-10H2,1-2H3. The summed E-state index contributed by atoms with van der Waals surface area (Å²) in [5, 5.41) is 13.5. The molecule has 5 heteroatoms. The molecule has 3 rings (SSSR count). The molecule has 116 valence electrons. The van der Waals surface area contributed by atoms with Crippen LogP contribution >= 0.6 is 11.8 Å². The van der Waals surface area contributed by atoms with Crippen LogP contribution in [0.4, 0.5) is 5.69 Å². The molecule has 0 radical (unpaired) electrons. The highest BCUT2D eigenvalue weighted by Crippen LogP contribution is 2.46. The lowest BCUT2D eigenvalue weighted by molar-refractivity contribution is -0.114. The van der Waals surface area contributed by atoms with Gasteiger partial charge in [0.1, 0.15) is 5.76 Å². The number of anilines is 1. The van der Waals surface area contributed by atoms with Crippen LogP contribution in [-0.2, 0) is 11.2 Å². The molecule has 0 fully saturated rings. The van der Waals surface area contributed by atoms with E-state index in [0.29, 0.717) is 6.42 Å². The normalized spacial score (nSPS) is 17.2. The highest BCUT2D eigenvalue weighted by Gasteiger charge is 2.27. The third-order valence-corrected chi connectivity index (χ3v) is 5.12. The van der Waals surface area contributed by atoms with Gasteiger partial charge in [-0.2, -0.15) is 0 Å². The summed E-state index contributed by atoms with van der Waals surface area (Å²) >= 11 is 1.56. The molecule has 0 amide bonds. The van der Waals surface area contributed by atoms with Crippen LogP contribution in [0.2, 0.25) is 0 Å². The molecule has 2 N–H and O–H groups in total. The van der Waals surface area contributed by atoms with Gasteiger partial charge in [-0.05, 0) is 43.4 Å². The van der Waals surface area contributed by atoms with E-state index in [9.17, 15) is 9.90 Å². The Kier molecular flexibility index (Phi) is 4.27. The number of aliphatic hydroxyl groups excluding tert-OH is 1. The molecule has 0 saturated carbocycles. The number of benzene rings is 1. The second kappa shape index (κ2) is 6.18. The molecule has 0 atom stereocenters. The quantitative estimate of drug-likeness (QED) is 0.894. The Morgan fingerprint density at radius 3 is 2.91 bits per heavy atom. The molecular weight excluding hydrogens is 296 g/mol. The van der Waals surface area contributed by atoms with Gasteiger partial charge in [-0.15, -0.1) is 0 Å². The first kappa shape index (κ1) is 15.2. The number of likely N-dealkylation sites (N-methyl/N-ethyl adjacent to an activating group) is 1. The zero-order chi connectivity index (χ0) is 15.7. The zero-order valence-electron chi connectivity index (χ0n) is 12.8. The van der Waals surface area contributed by atoms with E-state index in [-0.39, 0.29) is 18.0 Å². The van der Waals surface area contributed by atoms with Crippen LogP contribution < -0.4 is 5.32 Å². The zero-order valence-corrected chi connectivity index (χ0v) is 13.7. The molecule has 0 spiro atoms. The molecule has 1 heterocycles. The van der Waals surface area contributed by atoms with Gasteiger partial charge >= 0.3 is 0 Å². The van der Waals surface area contributed by atoms with Gasteiger partial charge in [0.2, 0.25) is 0 Å². The first-order valence-corrected chi connectivity index (χ1v) is 8.20. The number of hydrogen-bond donors (Lipinski definition) is 2. The van der Waals surface area contributed by atoms with Crippen molar-refractivity contribution in [2.75, 3.05) is 32.5 Å². The number of allylic oxidation sites excluding steroid dienone is 3. The van der Waals surface area contributed by atoms with Gasteiger partial charge < -0.3 is 15.3 Å². The highest BCUT2D eigenvalue weighted by molar-refractivity contribution is 8.03. The first-order valence-electron chi connectivity index (χ1n) is 7.39. The van der Waals surface area contributed by atoms with Crippen molar-refractivity contribution in [1.82, 2.24) is 4.90 Å². The van der Waals surface area contributed by atoms with Crippen LogP contribution in [-0.4, -0.2) is 43.0 Å². The van der Waals surface area contributed by atoms with Crippen molar-refractivity contribution in [1.29, 1.82) is 0 Å². The highest BCUT2D eigenvalue weighted by atomic mass is 32.2. The summed E-state index contributed by atoms with van der Waals surface area (Å²) in [6.45, 7) is 1.84. The second-order valence-corrected chi connectivity index (χ2v) is 6.93. The van der Waals surface area contributed by atoms with E-state index in [1.54, 1.807) is 17.8 Å². The Labute approximate surface area is 134 Å². The Balaban J connectivity index is 1.88. The molecular formula is C17H20N2O2S. The Hall–Kier alpha value is -1.72. The number of thioether (sulfide) groups is 1. The predicted molar refractivity (Wildman–Crippen MR) is 90.4 cm³/mol. The molecule has 2 aliphatic rings. The number of hydrogen-bond acceptors (Lipinski definition) is 5. The fraction of sp³-hybridized carbons (Fsp3) is 0.353. The van der Waals surface area contributed by atoms with Crippen LogP contribution in [0.1, 0.15) is 12.0 Å². The van der Waals surface area contributed by atoms with Gasteiger partial charge in [0.25, 0.3) is 0 Å². The van der Waals surface area contributed by atoms with E-state index in [2.05, 4.69) is 36.4 Å². The minimum atomic E-state index is -0.0154. The van der Waals surface area contributed by atoms with E-state index in [1.165, 1.54) is 5.56 Å². The van der Waals surface area contributed by atoms with Gasteiger partial charge in [0.05, 0.1) is 11.3 Å². The number of aliphatic hydroxyl groups is 1. The van der Waals surface area contributed by atoms with Crippen molar-refractivity contribution in [3.8, 4) is 0 Å². The maximum absolute atomic E-state index is 11.7. The molecule has 1 aromatic rings. The van der Waals surface area contributed by atoms with Crippen LogP contribution in [0.5, 0.6) is 0 Å². The lowest BCUT2D eigenvalue weighted by Gasteiger charge is -2.26. The van der Waals surface area contributed by atoms with Crippen LogP contribution in [0, 0.1) is 0 Å². The minimum absolute atomic E-state index is 0.0154. The van der Waals surface area contributed by atoms with Gasteiger partial charge in [-0.25, -0.2) is 0 Å². The number of nitrogens with zero attached hydrogens (tertiary/aromatic N) is 1. The molecule has 22 heavy (non-hydrogen) atoms. The molecule has 1 aliphatic heterocycles. The van der Waals surface area contributed by atoms with Crippen LogP contribution in [0.15, 0.2) is 45.4 Å². The van der Waals surface area contributed by atoms with E-state index in [1.807, 2.05) is 6.07 Å². The average Bonchev–Trinajstić information content (AvgIpc) is 2.45. The summed E-state index contributed by atoms with van der Waals surface area (Å²) < 4.78 is 0. The topological polar surface area (TPSA) is 52.6 Å². The van der Waals surface area contributed by atoms with Crippen molar-refractivity contribution in [3.63, 3.8) is 0 Å². The number of rotatable bonds is 4. The van der Waals surface area contributed by atoms with Crippen molar-refractivity contribution in [2.24, 2.45) is 0 Å². The smallest absolute Gasteiger partial charge is 0.163 e. The van der Waals surface area contributed by atoms with E-state index in [4.69, 9.17) is 0 Å². The van der Waals surface area contributed by atoms with Crippen molar-refractivity contribution >= 4 is 23.2 Å². The summed E-state index contributed by atoms with van der Waals surface area (Å²) in [7, 11) is 4.10. The van der Waals surface area contributed by atoms with Crippen molar-refractivity contribution < 1.29 is 9.90 Å². The molecule has 0 saturated heterocycles. The molecule has 0 bridgehead atoms. The molecule has 4 nitrogen and oxygen atoms in total. The number of nitrogens with one attached hydrogen (secondary N) is 1. The summed E-state index contributed by atoms with van der Waals surface area (Å²) in [6.07, 6.45) is 2.50. The molecule has 1 aromatic carbocycles. The summed E-state index contributed by atoms with van der Waals surface area (Å²) in [5.41, 5.74) is 3.26. The molecule has 1 aliphatic carbocycles. The lowest BCUT2D eigenvalue weighted by atomic mass is 9.96. The van der Waals surface area contributed by atoms with Crippen LogP contribution in [0.3, 0.4) is 0 Å². The van der Waals surface area contributed by atoms with E-state index in [0.717, 1.165) is 34.2 Å². The van der Waals surface area contributed by atoms with Crippen LogP contribution in [0.25, 0.3) is 0 Å². The van der Waals surface area contributed by atoms with Crippen molar-refractivity contribution in [3.05, 3.63) is 46.1 Å². The summed E-state index contributed by atoms with van der Waals surface area (Å²) in [4.78, 5) is 15.8.